The number of nitrogens with zero attached hydrogens (tertiary/aromatic N) is 3. The molecule has 3 aliphatic rings. The molecule has 7 heteroatoms. The van der Waals surface area contributed by atoms with E-state index in [-0.39, 0.29) is 5.82 Å². The summed E-state index contributed by atoms with van der Waals surface area (Å²) in [6.45, 7) is 7.58. The number of hydrogen-bond acceptors (Lipinski definition) is 6. The largest absolute Gasteiger partial charge is 0.381 e. The lowest BCUT2D eigenvalue weighted by Gasteiger charge is -2.27. The van der Waals surface area contributed by atoms with Crippen LogP contribution in [-0.2, 0) is 4.74 Å². The molecule has 0 bridgehead atoms. The molecule has 0 unspecified atom stereocenters. The van der Waals surface area contributed by atoms with Gasteiger partial charge in [0, 0.05) is 49.8 Å². The van der Waals surface area contributed by atoms with Crippen molar-refractivity contribution in [2.24, 2.45) is 17.8 Å². The molecule has 2 aliphatic heterocycles. The molecular formula is C26H31FN4OS. The summed E-state index contributed by atoms with van der Waals surface area (Å²) >= 11 is 1.65. The number of fused-ring (bicyclic) bond motifs is 2. The first-order valence-electron chi connectivity index (χ1n) is 12.2. The van der Waals surface area contributed by atoms with Crippen molar-refractivity contribution < 1.29 is 9.13 Å². The normalized spacial score (nSPS) is 26.2. The van der Waals surface area contributed by atoms with Crippen molar-refractivity contribution in [2.45, 2.75) is 38.6 Å². The Bertz CT molecular complexity index is 1130. The van der Waals surface area contributed by atoms with Gasteiger partial charge < -0.3 is 15.0 Å². The van der Waals surface area contributed by atoms with Gasteiger partial charge >= 0.3 is 0 Å². The number of hydrogen-bond donors (Lipinski definition) is 1. The van der Waals surface area contributed by atoms with Crippen LogP contribution in [0.25, 0.3) is 21.3 Å². The minimum atomic E-state index is -0.243. The smallest absolute Gasteiger partial charge is 0.157 e. The molecule has 2 aromatic heterocycles. The topological polar surface area (TPSA) is 50.3 Å². The molecule has 1 aromatic carbocycles. The molecule has 174 valence electrons. The van der Waals surface area contributed by atoms with E-state index < -0.39 is 0 Å². The average Bonchev–Trinajstić information content (AvgIpc) is 3.52. The van der Waals surface area contributed by atoms with Gasteiger partial charge in [0.2, 0.25) is 0 Å². The summed E-state index contributed by atoms with van der Waals surface area (Å²) in [6.07, 6.45) is 4.84. The molecule has 3 atom stereocenters. The molecule has 0 amide bonds. The Labute approximate surface area is 198 Å². The predicted molar refractivity (Wildman–Crippen MR) is 131 cm³/mol. The van der Waals surface area contributed by atoms with Gasteiger partial charge in [0.05, 0.1) is 4.70 Å². The van der Waals surface area contributed by atoms with Gasteiger partial charge in [-0.05, 0) is 79.5 Å². The lowest BCUT2D eigenvalue weighted by Crippen LogP contribution is -2.32. The monoisotopic (exact) mass is 466 g/mol. The third-order valence-electron chi connectivity index (χ3n) is 7.86. The molecule has 5 nitrogen and oxygen atoms in total. The van der Waals surface area contributed by atoms with E-state index in [2.05, 4.69) is 31.9 Å². The summed E-state index contributed by atoms with van der Waals surface area (Å²) in [7, 11) is 0. The summed E-state index contributed by atoms with van der Waals surface area (Å²) < 4.78 is 20.5. The van der Waals surface area contributed by atoms with Crippen molar-refractivity contribution in [2.75, 3.05) is 38.2 Å². The molecule has 4 heterocycles. The molecular weight excluding hydrogens is 435 g/mol. The molecule has 1 N–H and O–H groups in total. The van der Waals surface area contributed by atoms with E-state index in [0.29, 0.717) is 6.04 Å². The van der Waals surface area contributed by atoms with Crippen LogP contribution in [0.5, 0.6) is 0 Å². The van der Waals surface area contributed by atoms with Gasteiger partial charge in [0.15, 0.2) is 5.82 Å². The van der Waals surface area contributed by atoms with Crippen LogP contribution in [0.2, 0.25) is 0 Å². The van der Waals surface area contributed by atoms with E-state index >= 15 is 0 Å². The maximum Gasteiger partial charge on any atom is 0.157 e. The summed E-state index contributed by atoms with van der Waals surface area (Å²) in [5.74, 6) is 3.00. The SMILES string of the molecule is Cc1ccc(F)cc1-c1nnc(N[C@H]2C[C@@H]3CN(CC4CCOCC4)C[C@@H]3C2)c2ccsc12. The van der Waals surface area contributed by atoms with Crippen molar-refractivity contribution in [1.82, 2.24) is 15.1 Å². The number of thiophene rings is 1. The van der Waals surface area contributed by atoms with Gasteiger partial charge in [-0.3, -0.25) is 0 Å². The highest BCUT2D eigenvalue weighted by Gasteiger charge is 2.41. The zero-order valence-corrected chi connectivity index (χ0v) is 19.9. The van der Waals surface area contributed by atoms with Crippen molar-refractivity contribution >= 4 is 27.2 Å². The highest BCUT2D eigenvalue weighted by Crippen LogP contribution is 2.41. The Morgan fingerprint density at radius 1 is 1.12 bits per heavy atom. The number of benzene rings is 1. The number of ether oxygens (including phenoxy) is 1. The Morgan fingerprint density at radius 3 is 2.70 bits per heavy atom. The van der Waals surface area contributed by atoms with Crippen molar-refractivity contribution in [3.05, 3.63) is 41.0 Å². The third-order valence-corrected chi connectivity index (χ3v) is 8.79. The van der Waals surface area contributed by atoms with Crippen LogP contribution in [0.15, 0.2) is 29.6 Å². The molecule has 0 radical (unpaired) electrons. The Kier molecular flexibility index (Phi) is 5.80. The van der Waals surface area contributed by atoms with E-state index in [1.165, 1.54) is 51.4 Å². The Hall–Kier alpha value is -2.09. The maximum absolute atomic E-state index is 13.9. The highest BCUT2D eigenvalue weighted by atomic mass is 32.1. The quantitative estimate of drug-likeness (QED) is 0.549. The highest BCUT2D eigenvalue weighted by molar-refractivity contribution is 7.17. The molecule has 33 heavy (non-hydrogen) atoms. The van der Waals surface area contributed by atoms with E-state index in [4.69, 9.17) is 4.74 Å². The minimum Gasteiger partial charge on any atom is -0.381 e. The average molecular weight is 467 g/mol. The van der Waals surface area contributed by atoms with Crippen LogP contribution in [0, 0.1) is 30.5 Å². The van der Waals surface area contributed by atoms with Crippen molar-refractivity contribution in [1.29, 1.82) is 0 Å². The summed E-state index contributed by atoms with van der Waals surface area (Å²) in [5.41, 5.74) is 2.60. The fourth-order valence-corrected chi connectivity index (χ4v) is 7.06. The molecule has 1 saturated carbocycles. The van der Waals surface area contributed by atoms with Crippen molar-refractivity contribution in [3.8, 4) is 11.3 Å². The number of nitrogens with one attached hydrogen (secondary N) is 1. The number of rotatable bonds is 5. The minimum absolute atomic E-state index is 0.243. The molecule has 3 aromatic rings. The summed E-state index contributed by atoms with van der Waals surface area (Å²) in [4.78, 5) is 2.70. The number of aryl methyl sites for hydroxylation is 1. The van der Waals surface area contributed by atoms with Crippen LogP contribution < -0.4 is 5.32 Å². The van der Waals surface area contributed by atoms with E-state index in [0.717, 1.165) is 63.7 Å². The zero-order chi connectivity index (χ0) is 22.4. The first-order valence-corrected chi connectivity index (χ1v) is 13.1. The summed E-state index contributed by atoms with van der Waals surface area (Å²) in [5, 5.41) is 16.0. The second-order valence-corrected chi connectivity index (χ2v) is 11.0. The second-order valence-electron chi connectivity index (χ2n) is 10.1. The van der Waals surface area contributed by atoms with E-state index in [9.17, 15) is 4.39 Å². The first kappa shape index (κ1) is 21.4. The van der Waals surface area contributed by atoms with Gasteiger partial charge in [-0.15, -0.1) is 21.5 Å². The zero-order valence-electron chi connectivity index (χ0n) is 19.1. The Morgan fingerprint density at radius 2 is 1.91 bits per heavy atom. The van der Waals surface area contributed by atoms with Crippen LogP contribution >= 0.6 is 11.3 Å². The lowest BCUT2D eigenvalue weighted by molar-refractivity contribution is 0.0545. The van der Waals surface area contributed by atoms with Gasteiger partial charge in [-0.1, -0.05) is 6.07 Å². The van der Waals surface area contributed by atoms with Crippen LogP contribution in [-0.4, -0.2) is 54.0 Å². The summed E-state index contributed by atoms with van der Waals surface area (Å²) in [6, 6.07) is 7.43. The van der Waals surface area contributed by atoms with Crippen LogP contribution in [0.1, 0.15) is 31.2 Å². The second kappa shape index (κ2) is 8.93. The fourth-order valence-electron chi connectivity index (χ4n) is 6.16. The fraction of sp³-hybridized carbons (Fsp3) is 0.538. The number of anilines is 1. The Balaban J connectivity index is 1.14. The molecule has 6 rings (SSSR count). The lowest BCUT2D eigenvalue weighted by atomic mass is 10.00. The third kappa shape index (κ3) is 4.27. The predicted octanol–water partition coefficient (Wildman–Crippen LogP) is 5.35. The number of halogens is 1. The van der Waals surface area contributed by atoms with Gasteiger partial charge in [-0.2, -0.15) is 0 Å². The number of aromatic nitrogens is 2. The van der Waals surface area contributed by atoms with Crippen LogP contribution in [0.3, 0.4) is 0 Å². The van der Waals surface area contributed by atoms with E-state index in [1.807, 2.05) is 6.92 Å². The van der Waals surface area contributed by atoms with Gasteiger partial charge in [0.25, 0.3) is 0 Å². The maximum atomic E-state index is 13.9. The number of likely N-dealkylation sites (tertiary alicyclic amines) is 1. The molecule has 2 saturated heterocycles. The molecule has 3 fully saturated rings. The molecule has 1 aliphatic carbocycles. The first-order chi connectivity index (χ1) is 16.1. The van der Waals surface area contributed by atoms with Gasteiger partial charge in [0.1, 0.15) is 11.5 Å². The standard InChI is InChI=1S/C26H31FN4OS/c1-16-2-3-20(27)12-23(16)24-25-22(6-9-33-25)26(30-29-24)28-21-10-18-14-31(15-19(18)11-21)13-17-4-7-32-8-5-17/h2-3,6,9,12,17-19,21H,4-5,7-8,10-11,13-15H2,1H3,(H,28,30)/t18-,19+,21+. The van der Waals surface area contributed by atoms with E-state index in [1.54, 1.807) is 23.5 Å². The molecule has 0 spiro atoms. The van der Waals surface area contributed by atoms with Crippen LogP contribution in [0.4, 0.5) is 10.2 Å². The van der Waals surface area contributed by atoms with Gasteiger partial charge in [-0.25, -0.2) is 4.39 Å². The van der Waals surface area contributed by atoms with Crippen molar-refractivity contribution in [3.63, 3.8) is 0 Å².